The minimum Gasteiger partial charge on any atom is -0.350 e. The van der Waals surface area contributed by atoms with Crippen LogP contribution in [0.4, 0.5) is 9.59 Å². The van der Waals surface area contributed by atoms with E-state index in [2.05, 4.69) is 10.3 Å². The average Bonchev–Trinajstić information content (AvgIpc) is 2.71. The average molecular weight is 257 g/mol. The van der Waals surface area contributed by atoms with Crippen molar-refractivity contribution in [2.45, 2.75) is 17.2 Å². The summed E-state index contributed by atoms with van der Waals surface area (Å²) in [6.07, 6.45) is 1.21. The summed E-state index contributed by atoms with van der Waals surface area (Å²) in [7, 11) is 0. The van der Waals surface area contributed by atoms with Crippen molar-refractivity contribution in [2.24, 2.45) is 5.73 Å². The highest BCUT2D eigenvalue weighted by Crippen LogP contribution is 2.40. The maximum absolute atomic E-state index is 12.0. The van der Waals surface area contributed by atoms with Gasteiger partial charge in [-0.1, -0.05) is 0 Å². The van der Waals surface area contributed by atoms with E-state index in [1.807, 2.05) is 16.7 Å². The lowest BCUT2D eigenvalue weighted by Crippen LogP contribution is -2.48. The van der Waals surface area contributed by atoms with Crippen LogP contribution in [-0.2, 0) is 0 Å². The number of carbonyl (C=O) groups excluding carboxylic acids is 2. The lowest BCUT2D eigenvalue weighted by molar-refractivity contribution is 0.145. The molecule has 2 unspecified atom stereocenters. The van der Waals surface area contributed by atoms with Crippen molar-refractivity contribution in [3.05, 3.63) is 0 Å². The number of urea groups is 2. The van der Waals surface area contributed by atoms with Crippen LogP contribution in [0.1, 0.15) is 6.42 Å². The summed E-state index contributed by atoms with van der Waals surface area (Å²) in [5, 5.41) is 2.10. The molecule has 0 aromatic carbocycles. The zero-order valence-electron chi connectivity index (χ0n) is 9.33. The molecule has 8 heteroatoms. The number of hydrazine groups is 1. The Bertz CT molecular complexity index is 353. The van der Waals surface area contributed by atoms with Gasteiger partial charge in [-0.05, 0) is 6.42 Å². The Hall–Kier alpha value is -1.15. The van der Waals surface area contributed by atoms with Crippen LogP contribution < -0.4 is 11.2 Å². The van der Waals surface area contributed by atoms with Gasteiger partial charge < -0.3 is 10.6 Å². The van der Waals surface area contributed by atoms with E-state index in [1.165, 1.54) is 11.4 Å². The van der Waals surface area contributed by atoms with Crippen LogP contribution in [-0.4, -0.2) is 63.8 Å². The van der Waals surface area contributed by atoms with E-state index in [-0.39, 0.29) is 11.4 Å². The number of hydrogen-bond donors (Lipinski definition) is 2. The van der Waals surface area contributed by atoms with Crippen molar-refractivity contribution < 1.29 is 9.59 Å². The molecule has 4 amide bonds. The van der Waals surface area contributed by atoms with Crippen molar-refractivity contribution in [1.82, 2.24) is 20.2 Å². The van der Waals surface area contributed by atoms with Crippen LogP contribution in [0, 0.1) is 0 Å². The Morgan fingerprint density at radius 1 is 1.35 bits per heavy atom. The summed E-state index contributed by atoms with van der Waals surface area (Å²) in [5.74, 6) is 0. The summed E-state index contributed by atoms with van der Waals surface area (Å²) in [6, 6.07) is -0.841. The molecule has 3 fully saturated rings. The quantitative estimate of drug-likeness (QED) is 0.693. The first-order valence-electron chi connectivity index (χ1n) is 5.69. The van der Waals surface area contributed by atoms with Gasteiger partial charge in [-0.2, -0.15) is 0 Å². The molecule has 3 N–H and O–H groups in total. The van der Waals surface area contributed by atoms with Crippen LogP contribution >= 0.6 is 11.8 Å². The SMILES string of the molecule is NC(=O)NN1CCN(C2CN3CCC3S2)C1=O. The third-order valence-corrected chi connectivity index (χ3v) is 4.98. The Morgan fingerprint density at radius 2 is 2.18 bits per heavy atom. The number of fused-ring (bicyclic) bond motifs is 1. The zero-order valence-corrected chi connectivity index (χ0v) is 10.2. The van der Waals surface area contributed by atoms with Gasteiger partial charge in [-0.3, -0.25) is 4.90 Å². The van der Waals surface area contributed by atoms with Gasteiger partial charge in [0.25, 0.3) is 0 Å². The van der Waals surface area contributed by atoms with Crippen molar-refractivity contribution in [2.75, 3.05) is 26.2 Å². The summed E-state index contributed by atoms with van der Waals surface area (Å²) < 4.78 is 0. The minimum absolute atomic E-state index is 0.149. The zero-order chi connectivity index (χ0) is 12.0. The molecule has 2 atom stereocenters. The van der Waals surface area contributed by atoms with Gasteiger partial charge >= 0.3 is 12.1 Å². The van der Waals surface area contributed by atoms with E-state index < -0.39 is 6.03 Å². The number of rotatable bonds is 2. The van der Waals surface area contributed by atoms with E-state index in [0.29, 0.717) is 18.5 Å². The number of hydrogen-bond acceptors (Lipinski definition) is 4. The fraction of sp³-hybridized carbons (Fsp3) is 0.778. The fourth-order valence-electron chi connectivity index (χ4n) is 2.44. The summed E-state index contributed by atoms with van der Waals surface area (Å²) >= 11 is 1.84. The topological polar surface area (TPSA) is 81.9 Å². The van der Waals surface area contributed by atoms with Crippen LogP contribution in [0.15, 0.2) is 0 Å². The number of nitrogens with one attached hydrogen (secondary N) is 1. The lowest BCUT2D eigenvalue weighted by atomic mass is 10.2. The maximum atomic E-state index is 12.0. The smallest absolute Gasteiger partial charge is 0.339 e. The Kier molecular flexibility index (Phi) is 2.55. The van der Waals surface area contributed by atoms with Crippen molar-refractivity contribution >= 4 is 23.8 Å². The van der Waals surface area contributed by atoms with Gasteiger partial charge in [0.05, 0.1) is 17.3 Å². The first-order chi connectivity index (χ1) is 8.15. The molecule has 0 aromatic heterocycles. The Labute approximate surface area is 103 Å². The first-order valence-corrected chi connectivity index (χ1v) is 6.63. The van der Waals surface area contributed by atoms with Gasteiger partial charge in [-0.15, -0.1) is 11.8 Å². The molecule has 3 heterocycles. The molecule has 0 spiro atoms. The molecule has 0 radical (unpaired) electrons. The number of nitrogens with zero attached hydrogens (tertiary/aromatic N) is 3. The summed E-state index contributed by atoms with van der Waals surface area (Å²) in [6.45, 7) is 3.23. The molecule has 0 bridgehead atoms. The molecule has 3 rings (SSSR count). The van der Waals surface area contributed by atoms with E-state index >= 15 is 0 Å². The van der Waals surface area contributed by atoms with Crippen LogP contribution in [0.25, 0.3) is 0 Å². The van der Waals surface area contributed by atoms with E-state index in [1.54, 1.807) is 0 Å². The predicted octanol–water partition coefficient (Wildman–Crippen LogP) is -0.588. The number of primary amides is 1. The molecule has 17 heavy (non-hydrogen) atoms. The van der Waals surface area contributed by atoms with Gasteiger partial charge in [0.1, 0.15) is 0 Å². The molecular formula is C9H15N5O2S. The van der Waals surface area contributed by atoms with Crippen molar-refractivity contribution in [3.63, 3.8) is 0 Å². The van der Waals surface area contributed by atoms with Crippen LogP contribution in [0.5, 0.6) is 0 Å². The summed E-state index contributed by atoms with van der Waals surface area (Å²) in [5.41, 5.74) is 7.35. The molecule has 7 nitrogen and oxygen atoms in total. The second-order valence-corrected chi connectivity index (χ2v) is 5.79. The third kappa shape index (κ3) is 1.81. The molecule has 0 aromatic rings. The summed E-state index contributed by atoms with van der Waals surface area (Å²) in [4.78, 5) is 26.9. The number of amides is 4. The third-order valence-electron chi connectivity index (χ3n) is 3.41. The first kappa shape index (κ1) is 11.0. The lowest BCUT2D eigenvalue weighted by Gasteiger charge is -2.32. The molecule has 3 aliphatic heterocycles. The van der Waals surface area contributed by atoms with Crippen molar-refractivity contribution in [1.29, 1.82) is 0 Å². The van der Waals surface area contributed by atoms with Crippen LogP contribution in [0.3, 0.4) is 0 Å². The minimum atomic E-state index is -0.692. The van der Waals surface area contributed by atoms with Crippen molar-refractivity contribution in [3.8, 4) is 0 Å². The Balaban J connectivity index is 1.62. The van der Waals surface area contributed by atoms with Gasteiger partial charge in [-0.25, -0.2) is 20.0 Å². The highest BCUT2D eigenvalue weighted by Gasteiger charge is 2.45. The van der Waals surface area contributed by atoms with E-state index in [9.17, 15) is 9.59 Å². The molecule has 3 aliphatic rings. The maximum Gasteiger partial charge on any atom is 0.339 e. The molecule has 0 aliphatic carbocycles. The number of thioether (sulfide) groups is 1. The van der Waals surface area contributed by atoms with Gasteiger partial charge in [0.2, 0.25) is 0 Å². The second-order valence-electron chi connectivity index (χ2n) is 4.43. The predicted molar refractivity (Wildman–Crippen MR) is 62.9 cm³/mol. The largest absolute Gasteiger partial charge is 0.350 e. The number of carbonyl (C=O) groups is 2. The Morgan fingerprint density at radius 3 is 2.71 bits per heavy atom. The molecule has 94 valence electrons. The van der Waals surface area contributed by atoms with E-state index in [4.69, 9.17) is 5.73 Å². The standard InChI is InChI=1S/C9H15N5O2S/c10-8(15)11-14-4-3-13(9(14)16)7-5-12-2-1-6(12)17-7/h6-7H,1-5H2,(H3,10,11,15). The number of nitrogens with two attached hydrogens (primary N) is 1. The second kappa shape index (κ2) is 3.95. The van der Waals surface area contributed by atoms with Gasteiger partial charge in [0, 0.05) is 19.6 Å². The highest BCUT2D eigenvalue weighted by molar-refractivity contribution is 8.00. The highest BCUT2D eigenvalue weighted by atomic mass is 32.2. The molecule has 0 saturated carbocycles. The van der Waals surface area contributed by atoms with Gasteiger partial charge in [0.15, 0.2) is 0 Å². The van der Waals surface area contributed by atoms with E-state index in [0.717, 1.165) is 13.1 Å². The monoisotopic (exact) mass is 257 g/mol. The van der Waals surface area contributed by atoms with Crippen LogP contribution in [0.2, 0.25) is 0 Å². The fourth-order valence-corrected chi connectivity index (χ4v) is 4.02. The molecular weight excluding hydrogens is 242 g/mol. The molecule has 3 saturated heterocycles. The normalized spacial score (nSPS) is 32.6.